The Morgan fingerprint density at radius 2 is 1.70 bits per heavy atom. The van der Waals surface area contributed by atoms with Crippen LogP contribution >= 0.6 is 0 Å². The lowest BCUT2D eigenvalue weighted by molar-refractivity contribution is 0.311. The zero-order valence-electron chi connectivity index (χ0n) is 18.3. The Hall–Kier alpha value is -2.44. The lowest BCUT2D eigenvalue weighted by Gasteiger charge is -2.34. The van der Waals surface area contributed by atoms with Crippen LogP contribution < -0.4 is 10.2 Å². The fourth-order valence-corrected chi connectivity index (χ4v) is 5.08. The number of fused-ring (bicyclic) bond motifs is 1. The van der Waals surface area contributed by atoms with Gasteiger partial charge in [-0.1, -0.05) is 12.1 Å². The van der Waals surface area contributed by atoms with E-state index in [2.05, 4.69) is 69.7 Å². The fraction of sp³-hybridized carbons (Fsp3) is 0.500. The number of aryl methyl sites for hydroxylation is 2. The molecule has 5 heterocycles. The number of piperidine rings is 1. The first-order valence-corrected chi connectivity index (χ1v) is 11.2. The number of likely N-dealkylation sites (N-methyl/N-ethyl adjacent to an activating group) is 1. The van der Waals surface area contributed by atoms with E-state index in [0.29, 0.717) is 6.04 Å². The van der Waals surface area contributed by atoms with Crippen molar-refractivity contribution in [1.82, 2.24) is 24.6 Å². The molecule has 0 saturated carbocycles. The summed E-state index contributed by atoms with van der Waals surface area (Å²) in [5.41, 5.74) is 5.95. The topological polar surface area (TPSA) is 48.7 Å². The number of imidazole rings is 1. The van der Waals surface area contributed by atoms with Gasteiger partial charge in [-0.05, 0) is 63.9 Å². The maximum atomic E-state index is 5.10. The van der Waals surface area contributed by atoms with Crippen LogP contribution in [0.5, 0.6) is 0 Å². The number of pyridine rings is 2. The fourth-order valence-electron chi connectivity index (χ4n) is 5.08. The number of aromatic nitrogens is 3. The lowest BCUT2D eigenvalue weighted by atomic mass is 9.92. The monoisotopic (exact) mass is 404 g/mol. The summed E-state index contributed by atoms with van der Waals surface area (Å²) in [6.07, 6.45) is 5.35. The molecule has 0 radical (unpaired) electrons. The van der Waals surface area contributed by atoms with Crippen LogP contribution in [0.15, 0.2) is 36.5 Å². The molecule has 6 nitrogen and oxygen atoms in total. The van der Waals surface area contributed by atoms with Gasteiger partial charge in [-0.25, -0.2) is 4.98 Å². The molecule has 158 valence electrons. The molecule has 1 N–H and O–H groups in total. The first-order chi connectivity index (χ1) is 14.6. The summed E-state index contributed by atoms with van der Waals surface area (Å²) in [5, 5.41) is 3.87. The molecule has 3 aromatic heterocycles. The van der Waals surface area contributed by atoms with Gasteiger partial charge in [0.1, 0.15) is 11.5 Å². The Morgan fingerprint density at radius 3 is 2.47 bits per heavy atom. The van der Waals surface area contributed by atoms with E-state index in [9.17, 15) is 0 Å². The molecule has 0 amide bonds. The second-order valence-electron chi connectivity index (χ2n) is 8.86. The number of piperazine rings is 1. The van der Waals surface area contributed by atoms with Crippen molar-refractivity contribution in [3.8, 4) is 0 Å². The van der Waals surface area contributed by atoms with Gasteiger partial charge in [0.25, 0.3) is 0 Å². The average molecular weight is 405 g/mol. The van der Waals surface area contributed by atoms with E-state index in [1.807, 2.05) is 12.3 Å². The molecule has 0 unspecified atom stereocenters. The van der Waals surface area contributed by atoms with Crippen molar-refractivity contribution in [2.45, 2.75) is 45.2 Å². The summed E-state index contributed by atoms with van der Waals surface area (Å²) in [7, 11) is 2.20. The second-order valence-corrected chi connectivity index (χ2v) is 8.86. The SMILES string of the molecule is Cc1cccnc1[C@H]1CCC[C@@H](c2nc3cccc(N4CCN(C)CC4)n3c2C)N1. The van der Waals surface area contributed by atoms with Gasteiger partial charge >= 0.3 is 0 Å². The highest BCUT2D eigenvalue weighted by Gasteiger charge is 2.29. The summed E-state index contributed by atoms with van der Waals surface area (Å²) < 4.78 is 2.36. The number of hydrogen-bond donors (Lipinski definition) is 1. The van der Waals surface area contributed by atoms with Crippen molar-refractivity contribution in [2.75, 3.05) is 38.1 Å². The minimum absolute atomic E-state index is 0.269. The summed E-state index contributed by atoms with van der Waals surface area (Å²) in [4.78, 5) is 14.7. The lowest BCUT2D eigenvalue weighted by Crippen LogP contribution is -2.45. The highest BCUT2D eigenvalue weighted by Crippen LogP contribution is 2.35. The van der Waals surface area contributed by atoms with Gasteiger partial charge in [-0.2, -0.15) is 0 Å². The molecule has 0 aliphatic carbocycles. The van der Waals surface area contributed by atoms with Crippen LogP contribution in [0.25, 0.3) is 5.65 Å². The molecule has 30 heavy (non-hydrogen) atoms. The van der Waals surface area contributed by atoms with E-state index in [0.717, 1.165) is 44.7 Å². The van der Waals surface area contributed by atoms with E-state index < -0.39 is 0 Å². The minimum Gasteiger partial charge on any atom is -0.355 e. The van der Waals surface area contributed by atoms with E-state index >= 15 is 0 Å². The van der Waals surface area contributed by atoms with Gasteiger partial charge < -0.3 is 15.1 Å². The highest BCUT2D eigenvalue weighted by atomic mass is 15.3. The van der Waals surface area contributed by atoms with Crippen molar-refractivity contribution >= 4 is 11.5 Å². The Kier molecular flexibility index (Phi) is 5.21. The van der Waals surface area contributed by atoms with Gasteiger partial charge in [0.15, 0.2) is 0 Å². The van der Waals surface area contributed by atoms with Crippen LogP contribution in [-0.4, -0.2) is 52.5 Å². The third kappa shape index (κ3) is 3.48. The summed E-state index contributed by atoms with van der Waals surface area (Å²) >= 11 is 0. The molecule has 5 rings (SSSR count). The molecule has 2 atom stereocenters. The quantitative estimate of drug-likeness (QED) is 0.722. The molecular formula is C24H32N6. The van der Waals surface area contributed by atoms with Gasteiger partial charge in [0.05, 0.1) is 23.5 Å². The molecule has 0 spiro atoms. The van der Waals surface area contributed by atoms with Gasteiger partial charge in [0, 0.05) is 38.1 Å². The molecular weight excluding hydrogens is 372 g/mol. The minimum atomic E-state index is 0.269. The van der Waals surface area contributed by atoms with Crippen LogP contribution in [0.2, 0.25) is 0 Å². The smallest absolute Gasteiger partial charge is 0.138 e. The Labute approximate surface area is 178 Å². The van der Waals surface area contributed by atoms with E-state index in [-0.39, 0.29) is 6.04 Å². The van der Waals surface area contributed by atoms with Crippen molar-refractivity contribution < 1.29 is 0 Å². The predicted molar refractivity (Wildman–Crippen MR) is 121 cm³/mol. The molecule has 0 bridgehead atoms. The standard InChI is InChI=1S/C24H32N6/c1-17-7-6-12-25-23(17)19-8-4-9-20(26-19)24-18(2)30-21(27-24)10-5-11-22(30)29-15-13-28(3)14-16-29/h5-7,10-12,19-20,26H,4,8-9,13-16H2,1-3H3/t19-,20+/m1/s1. The van der Waals surface area contributed by atoms with Crippen LogP contribution in [-0.2, 0) is 0 Å². The molecule has 2 aliphatic rings. The summed E-state index contributed by atoms with van der Waals surface area (Å²) in [6.45, 7) is 8.72. The average Bonchev–Trinajstić information content (AvgIpc) is 3.12. The molecule has 3 aromatic rings. The largest absolute Gasteiger partial charge is 0.355 e. The van der Waals surface area contributed by atoms with Gasteiger partial charge in [0.2, 0.25) is 0 Å². The van der Waals surface area contributed by atoms with E-state index in [4.69, 9.17) is 4.98 Å². The number of nitrogens with one attached hydrogen (secondary N) is 1. The molecule has 2 aliphatic heterocycles. The van der Waals surface area contributed by atoms with Crippen LogP contribution in [0.4, 0.5) is 5.82 Å². The zero-order chi connectivity index (χ0) is 20.7. The Bertz CT molecular complexity index is 1030. The van der Waals surface area contributed by atoms with Crippen LogP contribution in [0.1, 0.15) is 54.0 Å². The summed E-state index contributed by atoms with van der Waals surface area (Å²) in [5.74, 6) is 1.27. The normalized spacial score (nSPS) is 23.2. The van der Waals surface area contributed by atoms with Gasteiger partial charge in [-0.15, -0.1) is 0 Å². The maximum Gasteiger partial charge on any atom is 0.138 e. The predicted octanol–water partition coefficient (Wildman–Crippen LogP) is 3.65. The van der Waals surface area contributed by atoms with Crippen LogP contribution in [0.3, 0.4) is 0 Å². The second kappa shape index (κ2) is 8.00. The number of anilines is 1. The Balaban J connectivity index is 1.47. The van der Waals surface area contributed by atoms with Crippen molar-refractivity contribution in [1.29, 1.82) is 0 Å². The Morgan fingerprint density at radius 1 is 0.933 bits per heavy atom. The van der Waals surface area contributed by atoms with Crippen molar-refractivity contribution in [3.63, 3.8) is 0 Å². The van der Waals surface area contributed by atoms with Crippen LogP contribution in [0, 0.1) is 13.8 Å². The number of hydrogen-bond acceptors (Lipinski definition) is 5. The number of nitrogens with zero attached hydrogens (tertiary/aromatic N) is 5. The molecule has 2 saturated heterocycles. The van der Waals surface area contributed by atoms with Gasteiger partial charge in [-0.3, -0.25) is 9.38 Å². The molecule has 6 heteroatoms. The van der Waals surface area contributed by atoms with Crippen molar-refractivity contribution in [2.24, 2.45) is 0 Å². The third-order valence-electron chi connectivity index (χ3n) is 6.82. The highest BCUT2D eigenvalue weighted by molar-refractivity contribution is 5.55. The van der Waals surface area contributed by atoms with E-state index in [1.165, 1.54) is 34.9 Å². The molecule has 2 fully saturated rings. The summed E-state index contributed by atoms with van der Waals surface area (Å²) in [6, 6.07) is 11.3. The first kappa shape index (κ1) is 19.5. The maximum absolute atomic E-state index is 5.10. The van der Waals surface area contributed by atoms with Crippen molar-refractivity contribution in [3.05, 3.63) is 59.2 Å². The first-order valence-electron chi connectivity index (χ1n) is 11.2. The zero-order valence-corrected chi connectivity index (χ0v) is 18.3. The van der Waals surface area contributed by atoms with E-state index in [1.54, 1.807) is 0 Å². The third-order valence-corrected chi connectivity index (χ3v) is 6.82. The number of rotatable bonds is 3. The molecule has 0 aromatic carbocycles.